The summed E-state index contributed by atoms with van der Waals surface area (Å²) >= 11 is 0. The molecule has 5 rings (SSSR count). The highest BCUT2D eigenvalue weighted by Gasteiger charge is 2.53. The van der Waals surface area contributed by atoms with E-state index in [1.807, 2.05) is 25.1 Å². The molecule has 2 aliphatic heterocycles. The van der Waals surface area contributed by atoms with Crippen molar-refractivity contribution in [3.05, 3.63) is 82.4 Å². The molecule has 0 fully saturated rings. The molecule has 0 saturated heterocycles. The largest absolute Gasteiger partial charge is 0.456 e. The van der Waals surface area contributed by atoms with Crippen LogP contribution in [0.1, 0.15) is 60.3 Å². The fourth-order valence-electron chi connectivity index (χ4n) is 5.39. The number of hydrogen-bond donors (Lipinski definition) is 0. The van der Waals surface area contributed by atoms with E-state index < -0.39 is 5.60 Å². The molecule has 34 heavy (non-hydrogen) atoms. The first-order chi connectivity index (χ1) is 16.5. The Labute approximate surface area is 201 Å². The Kier molecular flexibility index (Phi) is 5.51. The van der Waals surface area contributed by atoms with E-state index in [4.69, 9.17) is 9.47 Å². The van der Waals surface area contributed by atoms with E-state index in [-0.39, 0.29) is 5.97 Å². The number of fused-ring (bicyclic) bond motifs is 6. The third-order valence-corrected chi connectivity index (χ3v) is 7.19. The van der Waals surface area contributed by atoms with E-state index in [0.29, 0.717) is 5.56 Å². The van der Waals surface area contributed by atoms with Gasteiger partial charge in [-0.1, -0.05) is 17.7 Å². The van der Waals surface area contributed by atoms with Gasteiger partial charge in [0.2, 0.25) is 0 Å². The van der Waals surface area contributed by atoms with Crippen molar-refractivity contribution in [2.24, 2.45) is 0 Å². The first-order valence-electron chi connectivity index (χ1n) is 12.3. The number of hydrogen-bond acceptors (Lipinski definition) is 5. The highest BCUT2D eigenvalue weighted by atomic mass is 16.6. The monoisotopic (exact) mass is 456 g/mol. The van der Waals surface area contributed by atoms with Gasteiger partial charge in [0.1, 0.15) is 11.5 Å². The maximum Gasteiger partial charge on any atom is 0.340 e. The molecule has 0 amide bonds. The maximum atomic E-state index is 13.2. The highest BCUT2D eigenvalue weighted by Crippen LogP contribution is 2.57. The molecule has 0 N–H and O–H groups in total. The standard InChI is InChI=1S/C29H32N2O3/c1-6-30(7-2)20-11-14-24-26(17-20)33-27-18-21(31(8-3)9-4)12-15-25(27)29(24)23-13-10-19(5)16-22(23)28(32)34-29/h10-18H,6-9H2,1-5H3. The van der Waals surface area contributed by atoms with Gasteiger partial charge in [-0.15, -0.1) is 0 Å². The summed E-state index contributed by atoms with van der Waals surface area (Å²) in [4.78, 5) is 17.7. The van der Waals surface area contributed by atoms with Gasteiger partial charge in [0.05, 0.1) is 5.56 Å². The molecule has 3 aromatic rings. The van der Waals surface area contributed by atoms with Gasteiger partial charge < -0.3 is 19.3 Å². The summed E-state index contributed by atoms with van der Waals surface area (Å²) in [5.41, 5.74) is 5.43. The Balaban J connectivity index is 1.77. The van der Waals surface area contributed by atoms with Crippen molar-refractivity contribution in [3.63, 3.8) is 0 Å². The number of ether oxygens (including phenoxy) is 2. The molecule has 0 saturated carbocycles. The minimum absolute atomic E-state index is 0.293. The fourth-order valence-corrected chi connectivity index (χ4v) is 5.39. The molecule has 176 valence electrons. The molecule has 0 unspecified atom stereocenters. The minimum Gasteiger partial charge on any atom is -0.456 e. The Morgan fingerprint density at radius 1 is 0.706 bits per heavy atom. The van der Waals surface area contributed by atoms with Crippen LogP contribution in [0, 0.1) is 6.92 Å². The van der Waals surface area contributed by atoms with Crippen LogP contribution >= 0.6 is 0 Å². The Morgan fingerprint density at radius 3 is 1.71 bits per heavy atom. The van der Waals surface area contributed by atoms with Gasteiger partial charge in [-0.3, -0.25) is 0 Å². The lowest BCUT2D eigenvalue weighted by Crippen LogP contribution is -2.33. The minimum atomic E-state index is -1.02. The molecule has 0 aromatic heterocycles. The topological polar surface area (TPSA) is 42.0 Å². The zero-order valence-electron chi connectivity index (χ0n) is 20.6. The predicted octanol–water partition coefficient (Wildman–Crippen LogP) is 6.26. The summed E-state index contributed by atoms with van der Waals surface area (Å²) in [7, 11) is 0. The number of carbonyl (C=O) groups is 1. The molecular weight excluding hydrogens is 424 g/mol. The van der Waals surface area contributed by atoms with Gasteiger partial charge in [0, 0.05) is 66.4 Å². The van der Waals surface area contributed by atoms with Gasteiger partial charge >= 0.3 is 5.97 Å². The summed E-state index contributed by atoms with van der Waals surface area (Å²) in [5, 5.41) is 0. The Bertz CT molecular complexity index is 1200. The van der Waals surface area contributed by atoms with Crippen molar-refractivity contribution < 1.29 is 14.3 Å². The number of esters is 1. The Morgan fingerprint density at radius 2 is 1.21 bits per heavy atom. The van der Waals surface area contributed by atoms with E-state index >= 15 is 0 Å². The third-order valence-electron chi connectivity index (χ3n) is 7.19. The van der Waals surface area contributed by atoms with Gasteiger partial charge in [0.25, 0.3) is 0 Å². The number of carbonyl (C=O) groups excluding carboxylic acids is 1. The normalized spacial score (nSPS) is 14.7. The van der Waals surface area contributed by atoms with Crippen LogP contribution in [-0.4, -0.2) is 32.1 Å². The summed E-state index contributed by atoms with van der Waals surface area (Å²) in [5.74, 6) is 1.17. The number of benzene rings is 3. The molecule has 0 atom stereocenters. The molecule has 0 radical (unpaired) electrons. The summed E-state index contributed by atoms with van der Waals surface area (Å²) in [6, 6.07) is 18.5. The SMILES string of the molecule is CCN(CC)c1ccc2c(c1)Oc1cc(N(CC)CC)ccc1C21OC(=O)c2cc(C)ccc21. The van der Waals surface area contributed by atoms with Gasteiger partial charge in [-0.25, -0.2) is 4.79 Å². The first-order valence-corrected chi connectivity index (χ1v) is 12.3. The molecule has 2 heterocycles. The van der Waals surface area contributed by atoms with Crippen molar-refractivity contribution in [1.82, 2.24) is 0 Å². The average Bonchev–Trinajstić information content (AvgIpc) is 3.12. The highest BCUT2D eigenvalue weighted by molar-refractivity contribution is 5.97. The maximum absolute atomic E-state index is 13.2. The Hall–Kier alpha value is -3.47. The van der Waals surface area contributed by atoms with Gasteiger partial charge in [0.15, 0.2) is 5.60 Å². The van der Waals surface area contributed by atoms with E-state index in [2.05, 4.69) is 73.9 Å². The molecule has 0 aliphatic carbocycles. The van der Waals surface area contributed by atoms with Crippen molar-refractivity contribution in [1.29, 1.82) is 0 Å². The molecule has 5 heteroatoms. The quantitative estimate of drug-likeness (QED) is 0.410. The second kappa shape index (κ2) is 8.39. The van der Waals surface area contributed by atoms with Crippen LogP contribution < -0.4 is 14.5 Å². The van der Waals surface area contributed by atoms with Crippen LogP contribution in [0.2, 0.25) is 0 Å². The molecule has 5 nitrogen and oxygen atoms in total. The van der Waals surface area contributed by atoms with Crippen LogP contribution in [0.5, 0.6) is 11.5 Å². The lowest BCUT2D eigenvalue weighted by atomic mass is 9.77. The molecule has 0 bridgehead atoms. The lowest BCUT2D eigenvalue weighted by Gasteiger charge is -2.38. The summed E-state index contributed by atoms with van der Waals surface area (Å²) in [6.07, 6.45) is 0. The number of nitrogens with zero attached hydrogens (tertiary/aromatic N) is 2. The summed E-state index contributed by atoms with van der Waals surface area (Å²) < 4.78 is 12.9. The number of rotatable bonds is 6. The number of anilines is 2. The number of aryl methyl sites for hydroxylation is 1. The van der Waals surface area contributed by atoms with Crippen molar-refractivity contribution >= 4 is 17.3 Å². The van der Waals surface area contributed by atoms with Gasteiger partial charge in [-0.2, -0.15) is 0 Å². The van der Waals surface area contributed by atoms with E-state index in [1.54, 1.807) is 0 Å². The molecule has 1 spiro atoms. The third kappa shape index (κ3) is 3.17. The second-order valence-corrected chi connectivity index (χ2v) is 8.93. The van der Waals surface area contributed by atoms with Crippen molar-refractivity contribution in [3.8, 4) is 11.5 Å². The summed E-state index contributed by atoms with van der Waals surface area (Å²) in [6.45, 7) is 14.2. The molecule has 3 aromatic carbocycles. The van der Waals surface area contributed by atoms with Crippen LogP contribution in [0.4, 0.5) is 11.4 Å². The van der Waals surface area contributed by atoms with Crippen LogP contribution in [0.3, 0.4) is 0 Å². The van der Waals surface area contributed by atoms with Crippen molar-refractivity contribution in [2.75, 3.05) is 36.0 Å². The van der Waals surface area contributed by atoms with Crippen molar-refractivity contribution in [2.45, 2.75) is 40.2 Å². The zero-order chi connectivity index (χ0) is 24.0. The lowest BCUT2D eigenvalue weighted by molar-refractivity contribution is 0.0224. The van der Waals surface area contributed by atoms with Crippen LogP contribution in [-0.2, 0) is 10.3 Å². The van der Waals surface area contributed by atoms with Gasteiger partial charge in [-0.05, 0) is 65.0 Å². The predicted molar refractivity (Wildman–Crippen MR) is 137 cm³/mol. The van der Waals surface area contributed by atoms with Crippen LogP contribution in [0.15, 0.2) is 54.6 Å². The van der Waals surface area contributed by atoms with E-state index in [0.717, 1.165) is 71.3 Å². The first kappa shape index (κ1) is 22.3. The average molecular weight is 457 g/mol. The molecular formula is C29H32N2O3. The zero-order valence-corrected chi connectivity index (χ0v) is 20.6. The van der Waals surface area contributed by atoms with E-state index in [1.165, 1.54) is 0 Å². The van der Waals surface area contributed by atoms with Crippen LogP contribution in [0.25, 0.3) is 0 Å². The van der Waals surface area contributed by atoms with E-state index in [9.17, 15) is 4.79 Å². The molecule has 2 aliphatic rings. The smallest absolute Gasteiger partial charge is 0.340 e. The second-order valence-electron chi connectivity index (χ2n) is 8.93. The fraction of sp³-hybridized carbons (Fsp3) is 0.345.